The van der Waals surface area contributed by atoms with Crippen molar-refractivity contribution in [2.45, 2.75) is 17.8 Å². The van der Waals surface area contributed by atoms with Gasteiger partial charge in [0.15, 0.2) is 0 Å². The fourth-order valence-corrected chi connectivity index (χ4v) is 1.42. The molecule has 1 aromatic carbocycles. The Morgan fingerprint density at radius 1 is 1.36 bits per heavy atom. The van der Waals surface area contributed by atoms with Gasteiger partial charge in [0, 0.05) is 0 Å². The van der Waals surface area contributed by atoms with E-state index in [1.165, 1.54) is 0 Å². The van der Waals surface area contributed by atoms with Crippen molar-refractivity contribution in [1.82, 2.24) is 0 Å². The quantitative estimate of drug-likeness (QED) is 0.645. The summed E-state index contributed by atoms with van der Waals surface area (Å²) in [7, 11) is 0. The highest BCUT2D eigenvalue weighted by Gasteiger charge is 2.13. The SMILES string of the molecule is CC(C(=O)O)c1ccc(C(N)Br)cc1. The van der Waals surface area contributed by atoms with Gasteiger partial charge in [-0.05, 0) is 18.1 Å². The molecule has 2 atom stereocenters. The zero-order chi connectivity index (χ0) is 10.7. The fourth-order valence-electron chi connectivity index (χ4n) is 1.11. The maximum absolute atomic E-state index is 10.7. The van der Waals surface area contributed by atoms with Gasteiger partial charge in [-0.1, -0.05) is 40.2 Å². The summed E-state index contributed by atoms with van der Waals surface area (Å²) in [6.07, 6.45) is 0. The zero-order valence-corrected chi connectivity index (χ0v) is 9.36. The van der Waals surface area contributed by atoms with E-state index in [4.69, 9.17) is 10.8 Å². The van der Waals surface area contributed by atoms with Crippen LogP contribution >= 0.6 is 15.9 Å². The summed E-state index contributed by atoms with van der Waals surface area (Å²) in [6.45, 7) is 1.66. The molecule has 0 aliphatic carbocycles. The van der Waals surface area contributed by atoms with Crippen molar-refractivity contribution in [1.29, 1.82) is 0 Å². The predicted molar refractivity (Wildman–Crippen MR) is 58.3 cm³/mol. The molecule has 76 valence electrons. The van der Waals surface area contributed by atoms with Gasteiger partial charge in [-0.2, -0.15) is 0 Å². The van der Waals surface area contributed by atoms with Crippen molar-refractivity contribution in [3.05, 3.63) is 35.4 Å². The third-order valence-electron chi connectivity index (χ3n) is 2.13. The second-order valence-corrected chi connectivity index (χ2v) is 4.11. The third-order valence-corrected chi connectivity index (χ3v) is 2.65. The average Bonchev–Trinajstić information content (AvgIpc) is 2.16. The van der Waals surface area contributed by atoms with Gasteiger partial charge >= 0.3 is 5.97 Å². The minimum atomic E-state index is -0.819. The van der Waals surface area contributed by atoms with E-state index in [0.717, 1.165) is 11.1 Å². The number of halogens is 1. The van der Waals surface area contributed by atoms with Crippen LogP contribution < -0.4 is 5.73 Å². The van der Waals surface area contributed by atoms with E-state index in [1.54, 1.807) is 19.1 Å². The highest BCUT2D eigenvalue weighted by Crippen LogP contribution is 2.20. The first-order valence-electron chi connectivity index (χ1n) is 4.24. The maximum Gasteiger partial charge on any atom is 0.310 e. The molecule has 0 amide bonds. The smallest absolute Gasteiger partial charge is 0.310 e. The molecule has 0 fully saturated rings. The van der Waals surface area contributed by atoms with Crippen molar-refractivity contribution in [2.75, 3.05) is 0 Å². The summed E-state index contributed by atoms with van der Waals surface area (Å²) >= 11 is 3.23. The Labute approximate surface area is 91.1 Å². The summed E-state index contributed by atoms with van der Waals surface area (Å²) in [5.74, 6) is -1.29. The summed E-state index contributed by atoms with van der Waals surface area (Å²) in [4.78, 5) is 10.5. The molecule has 14 heavy (non-hydrogen) atoms. The van der Waals surface area contributed by atoms with Crippen LogP contribution in [0.15, 0.2) is 24.3 Å². The lowest BCUT2D eigenvalue weighted by Crippen LogP contribution is -2.08. The molecule has 1 aromatic rings. The molecule has 3 N–H and O–H groups in total. The summed E-state index contributed by atoms with van der Waals surface area (Å²) in [6, 6.07) is 7.23. The standard InChI is InChI=1S/C10H12BrNO2/c1-6(10(13)14)7-2-4-8(5-3-7)9(11)12/h2-6,9H,12H2,1H3,(H,13,14). The van der Waals surface area contributed by atoms with Gasteiger partial charge < -0.3 is 10.8 Å². The minimum absolute atomic E-state index is 0.198. The van der Waals surface area contributed by atoms with Crippen molar-refractivity contribution in [3.63, 3.8) is 0 Å². The topological polar surface area (TPSA) is 63.3 Å². The highest BCUT2D eigenvalue weighted by molar-refractivity contribution is 9.09. The second-order valence-electron chi connectivity index (χ2n) is 3.13. The lowest BCUT2D eigenvalue weighted by Gasteiger charge is -2.08. The number of benzene rings is 1. The van der Waals surface area contributed by atoms with Gasteiger partial charge in [0.05, 0.1) is 10.9 Å². The van der Waals surface area contributed by atoms with Gasteiger partial charge in [0.25, 0.3) is 0 Å². The maximum atomic E-state index is 10.7. The van der Waals surface area contributed by atoms with Gasteiger partial charge in [0.1, 0.15) is 0 Å². The molecule has 0 bridgehead atoms. The van der Waals surface area contributed by atoms with Crippen molar-refractivity contribution >= 4 is 21.9 Å². The van der Waals surface area contributed by atoms with Gasteiger partial charge in [-0.15, -0.1) is 0 Å². The van der Waals surface area contributed by atoms with Crippen LogP contribution in [-0.4, -0.2) is 11.1 Å². The summed E-state index contributed by atoms with van der Waals surface area (Å²) in [5, 5.41) is 8.78. The molecule has 0 heterocycles. The average molecular weight is 258 g/mol. The molecule has 0 radical (unpaired) electrons. The second kappa shape index (κ2) is 4.57. The Morgan fingerprint density at radius 2 is 1.79 bits per heavy atom. The molecule has 1 rings (SSSR count). The number of alkyl halides is 1. The summed E-state index contributed by atoms with van der Waals surface area (Å²) < 4.78 is 0. The fraction of sp³-hybridized carbons (Fsp3) is 0.300. The van der Waals surface area contributed by atoms with E-state index in [1.807, 2.05) is 12.1 Å². The van der Waals surface area contributed by atoms with E-state index >= 15 is 0 Å². The zero-order valence-electron chi connectivity index (χ0n) is 7.77. The number of rotatable bonds is 3. The van der Waals surface area contributed by atoms with Crippen LogP contribution in [0.3, 0.4) is 0 Å². The van der Waals surface area contributed by atoms with Crippen LogP contribution in [0.4, 0.5) is 0 Å². The van der Waals surface area contributed by atoms with Crippen LogP contribution in [0.2, 0.25) is 0 Å². The molecule has 0 saturated carbocycles. The van der Waals surface area contributed by atoms with E-state index in [0.29, 0.717) is 0 Å². The molecule has 0 aliphatic rings. The number of carboxylic acids is 1. The normalized spacial score (nSPS) is 14.8. The Hall–Kier alpha value is -0.870. The Kier molecular flexibility index (Phi) is 3.66. The molecule has 3 nitrogen and oxygen atoms in total. The lowest BCUT2D eigenvalue weighted by molar-refractivity contribution is -0.138. The molecule has 0 saturated heterocycles. The molecule has 0 aromatic heterocycles. The third kappa shape index (κ3) is 2.56. The van der Waals surface area contributed by atoms with E-state index in [-0.39, 0.29) is 4.95 Å². The van der Waals surface area contributed by atoms with E-state index in [2.05, 4.69) is 15.9 Å². The number of carboxylic acid groups (broad SMARTS) is 1. The first-order valence-corrected chi connectivity index (χ1v) is 5.16. The van der Waals surface area contributed by atoms with Crippen LogP contribution in [0, 0.1) is 0 Å². The van der Waals surface area contributed by atoms with Gasteiger partial charge in [-0.3, -0.25) is 4.79 Å². The van der Waals surface area contributed by atoms with Gasteiger partial charge in [0.2, 0.25) is 0 Å². The number of hydrogen-bond acceptors (Lipinski definition) is 2. The van der Waals surface area contributed by atoms with Crippen LogP contribution in [0.25, 0.3) is 0 Å². The first kappa shape index (κ1) is 11.2. The van der Waals surface area contributed by atoms with Crippen molar-refractivity contribution in [2.24, 2.45) is 5.73 Å². The predicted octanol–water partition coefficient (Wildman–Crippen LogP) is 2.23. The molecular formula is C10H12BrNO2. The molecule has 2 unspecified atom stereocenters. The Morgan fingerprint density at radius 3 is 2.14 bits per heavy atom. The largest absolute Gasteiger partial charge is 0.481 e. The number of aliphatic carboxylic acids is 1. The number of carbonyl (C=O) groups is 1. The molecule has 0 aliphatic heterocycles. The van der Waals surface area contributed by atoms with Crippen molar-refractivity contribution in [3.8, 4) is 0 Å². The van der Waals surface area contributed by atoms with Crippen LogP contribution in [0.5, 0.6) is 0 Å². The highest BCUT2D eigenvalue weighted by atomic mass is 79.9. The lowest BCUT2D eigenvalue weighted by atomic mass is 10.0. The monoisotopic (exact) mass is 257 g/mol. The summed E-state index contributed by atoms with van der Waals surface area (Å²) in [5.41, 5.74) is 7.32. The van der Waals surface area contributed by atoms with E-state index < -0.39 is 11.9 Å². The van der Waals surface area contributed by atoms with Gasteiger partial charge in [-0.25, -0.2) is 0 Å². The Balaban J connectivity index is 2.88. The van der Waals surface area contributed by atoms with Crippen LogP contribution in [-0.2, 0) is 4.79 Å². The minimum Gasteiger partial charge on any atom is -0.481 e. The first-order chi connectivity index (χ1) is 6.52. The van der Waals surface area contributed by atoms with Crippen molar-refractivity contribution < 1.29 is 9.90 Å². The molecule has 0 spiro atoms. The molecular weight excluding hydrogens is 246 g/mol. The number of nitrogens with two attached hydrogens (primary N) is 1. The van der Waals surface area contributed by atoms with Crippen LogP contribution in [0.1, 0.15) is 28.9 Å². The molecule has 4 heteroatoms. The Bertz CT molecular complexity index is 321. The van der Waals surface area contributed by atoms with E-state index in [9.17, 15) is 4.79 Å². The number of hydrogen-bond donors (Lipinski definition) is 2.